The van der Waals surface area contributed by atoms with E-state index in [9.17, 15) is 8.42 Å². The van der Waals surface area contributed by atoms with Crippen LogP contribution in [0.2, 0.25) is 0 Å². The van der Waals surface area contributed by atoms with Gasteiger partial charge in [0.1, 0.15) is 0 Å². The molecule has 0 N–H and O–H groups in total. The molecule has 0 aliphatic heterocycles. The van der Waals surface area contributed by atoms with Crippen molar-refractivity contribution in [1.29, 1.82) is 0 Å². The number of fused-ring (bicyclic) bond motifs is 1. The Hall–Kier alpha value is -1.41. The standard InChI is InChI=1S/C14H11IN2O2S/c1-10-7-11-8-13(15)17(14(11)16-9-10)20(18,19)12-5-3-2-4-6-12/h2-9H,1H3. The van der Waals surface area contributed by atoms with Gasteiger partial charge in [0.25, 0.3) is 10.0 Å². The predicted octanol–water partition coefficient (Wildman–Crippen LogP) is 3.19. The fourth-order valence-electron chi connectivity index (χ4n) is 2.08. The number of aryl methyl sites for hydroxylation is 1. The maximum Gasteiger partial charge on any atom is 0.270 e. The lowest BCUT2D eigenvalue weighted by molar-refractivity contribution is 0.588. The minimum Gasteiger partial charge on any atom is -0.237 e. The molecule has 1 aromatic carbocycles. The van der Waals surface area contributed by atoms with Crippen molar-refractivity contribution >= 4 is 43.6 Å². The number of nitrogens with zero attached hydrogens (tertiary/aromatic N) is 2. The lowest BCUT2D eigenvalue weighted by Crippen LogP contribution is -2.14. The van der Waals surface area contributed by atoms with Crippen molar-refractivity contribution in [2.45, 2.75) is 11.8 Å². The van der Waals surface area contributed by atoms with E-state index in [1.807, 2.05) is 41.6 Å². The zero-order valence-corrected chi connectivity index (χ0v) is 13.6. The minimum absolute atomic E-state index is 0.262. The van der Waals surface area contributed by atoms with Gasteiger partial charge in [-0.15, -0.1) is 0 Å². The molecule has 0 bridgehead atoms. The highest BCUT2D eigenvalue weighted by molar-refractivity contribution is 14.1. The van der Waals surface area contributed by atoms with Crippen LogP contribution in [0.3, 0.4) is 0 Å². The molecule has 0 aliphatic carbocycles. The molecule has 3 aromatic rings. The summed E-state index contributed by atoms with van der Waals surface area (Å²) < 4.78 is 27.4. The second kappa shape index (κ2) is 4.85. The summed E-state index contributed by atoms with van der Waals surface area (Å²) in [7, 11) is -3.62. The highest BCUT2D eigenvalue weighted by Gasteiger charge is 2.22. The van der Waals surface area contributed by atoms with Crippen LogP contribution in [-0.2, 0) is 10.0 Å². The summed E-state index contributed by atoms with van der Waals surface area (Å²) in [6.45, 7) is 1.93. The zero-order chi connectivity index (χ0) is 14.3. The Morgan fingerprint density at radius 3 is 2.55 bits per heavy atom. The van der Waals surface area contributed by atoms with Gasteiger partial charge in [-0.2, -0.15) is 0 Å². The van der Waals surface area contributed by atoms with Crippen LogP contribution in [0.5, 0.6) is 0 Å². The Balaban J connectivity index is 2.32. The average molecular weight is 398 g/mol. The summed E-state index contributed by atoms with van der Waals surface area (Å²) in [4.78, 5) is 4.53. The number of pyridine rings is 1. The van der Waals surface area contributed by atoms with Crippen LogP contribution in [0.25, 0.3) is 11.0 Å². The first-order valence-electron chi connectivity index (χ1n) is 5.94. The van der Waals surface area contributed by atoms with Crippen molar-refractivity contribution in [3.8, 4) is 0 Å². The van der Waals surface area contributed by atoms with Crippen molar-refractivity contribution in [2.75, 3.05) is 0 Å². The van der Waals surface area contributed by atoms with Gasteiger partial charge in [-0.05, 0) is 59.3 Å². The molecule has 4 nitrogen and oxygen atoms in total. The molecule has 0 saturated carbocycles. The van der Waals surface area contributed by atoms with Gasteiger partial charge in [0.05, 0.1) is 8.60 Å². The van der Waals surface area contributed by atoms with Gasteiger partial charge >= 0.3 is 0 Å². The van der Waals surface area contributed by atoms with Crippen molar-refractivity contribution in [3.63, 3.8) is 0 Å². The predicted molar refractivity (Wildman–Crippen MR) is 86.2 cm³/mol. The van der Waals surface area contributed by atoms with E-state index in [1.54, 1.807) is 36.5 Å². The van der Waals surface area contributed by atoms with Crippen molar-refractivity contribution in [1.82, 2.24) is 8.96 Å². The smallest absolute Gasteiger partial charge is 0.237 e. The fraction of sp³-hybridized carbons (Fsp3) is 0.0714. The molecule has 2 aromatic heterocycles. The molecular weight excluding hydrogens is 387 g/mol. The number of benzene rings is 1. The summed E-state index contributed by atoms with van der Waals surface area (Å²) >= 11 is 2.02. The van der Waals surface area contributed by atoms with Gasteiger partial charge in [0.2, 0.25) is 0 Å². The first-order valence-corrected chi connectivity index (χ1v) is 8.46. The Morgan fingerprint density at radius 1 is 1.15 bits per heavy atom. The van der Waals surface area contributed by atoms with Crippen LogP contribution in [0.1, 0.15) is 5.56 Å². The monoisotopic (exact) mass is 398 g/mol. The molecule has 0 amide bonds. The van der Waals surface area contributed by atoms with Crippen molar-refractivity contribution in [3.05, 3.63) is 57.9 Å². The SMILES string of the molecule is Cc1cnc2c(c1)cc(I)n2S(=O)(=O)c1ccccc1. The largest absolute Gasteiger partial charge is 0.270 e. The lowest BCUT2D eigenvalue weighted by Gasteiger charge is -2.08. The summed E-state index contributed by atoms with van der Waals surface area (Å²) in [6, 6.07) is 12.2. The molecule has 0 radical (unpaired) electrons. The molecule has 0 unspecified atom stereocenters. The zero-order valence-electron chi connectivity index (χ0n) is 10.6. The molecule has 6 heteroatoms. The number of hydrogen-bond acceptors (Lipinski definition) is 3. The molecule has 0 spiro atoms. The molecule has 0 aliphatic rings. The maximum atomic E-state index is 12.7. The van der Waals surface area contributed by atoms with Crippen LogP contribution in [-0.4, -0.2) is 17.4 Å². The molecule has 20 heavy (non-hydrogen) atoms. The number of hydrogen-bond donors (Lipinski definition) is 0. The van der Waals surface area contributed by atoms with Crippen molar-refractivity contribution in [2.24, 2.45) is 0 Å². The minimum atomic E-state index is -3.62. The van der Waals surface area contributed by atoms with E-state index in [2.05, 4.69) is 4.98 Å². The van der Waals surface area contributed by atoms with Crippen LogP contribution in [0.15, 0.2) is 53.6 Å². The Bertz CT molecular complexity index is 886. The highest BCUT2D eigenvalue weighted by Crippen LogP contribution is 2.25. The highest BCUT2D eigenvalue weighted by atomic mass is 127. The summed E-state index contributed by atoms with van der Waals surface area (Å²) in [6.07, 6.45) is 1.68. The number of halogens is 1. The van der Waals surface area contributed by atoms with E-state index < -0.39 is 10.0 Å². The van der Waals surface area contributed by atoms with Gasteiger partial charge in [-0.3, -0.25) is 0 Å². The molecule has 0 atom stereocenters. The van der Waals surface area contributed by atoms with E-state index in [1.165, 1.54) is 3.97 Å². The average Bonchev–Trinajstić information content (AvgIpc) is 2.75. The topological polar surface area (TPSA) is 52.0 Å². The fourth-order valence-corrected chi connectivity index (χ4v) is 4.79. The third kappa shape index (κ3) is 2.12. The van der Waals surface area contributed by atoms with Gasteiger partial charge in [0, 0.05) is 11.6 Å². The van der Waals surface area contributed by atoms with Gasteiger partial charge < -0.3 is 0 Å². The molecule has 102 valence electrons. The number of rotatable bonds is 2. The van der Waals surface area contributed by atoms with E-state index >= 15 is 0 Å². The molecule has 3 rings (SSSR count). The summed E-state index contributed by atoms with van der Waals surface area (Å²) in [5, 5.41) is 0.828. The normalized spacial score (nSPS) is 11.9. The lowest BCUT2D eigenvalue weighted by atomic mass is 10.2. The second-order valence-corrected chi connectivity index (χ2v) is 7.37. The van der Waals surface area contributed by atoms with Crippen LogP contribution in [0, 0.1) is 10.6 Å². The van der Waals surface area contributed by atoms with Gasteiger partial charge in [-0.1, -0.05) is 18.2 Å². The molecule has 2 heterocycles. The number of aromatic nitrogens is 2. The third-order valence-corrected chi connectivity index (χ3v) is 5.81. The van der Waals surface area contributed by atoms with E-state index in [4.69, 9.17) is 0 Å². The van der Waals surface area contributed by atoms with Crippen LogP contribution >= 0.6 is 22.6 Å². The van der Waals surface area contributed by atoms with Crippen molar-refractivity contribution < 1.29 is 8.42 Å². The first-order chi connectivity index (χ1) is 9.50. The second-order valence-electron chi connectivity index (χ2n) is 4.48. The van der Waals surface area contributed by atoms with E-state index in [-0.39, 0.29) is 4.90 Å². The third-order valence-electron chi connectivity index (χ3n) is 2.97. The maximum absolute atomic E-state index is 12.7. The molecule has 0 fully saturated rings. The summed E-state index contributed by atoms with van der Waals surface area (Å²) in [5.74, 6) is 0. The van der Waals surface area contributed by atoms with Gasteiger partial charge in [-0.25, -0.2) is 17.4 Å². The quantitative estimate of drug-likeness (QED) is 0.624. The van der Waals surface area contributed by atoms with E-state index in [0.717, 1.165) is 10.9 Å². The Labute approximate surface area is 130 Å². The van der Waals surface area contributed by atoms with Gasteiger partial charge in [0.15, 0.2) is 5.65 Å². The first kappa shape index (κ1) is 13.6. The molecule has 0 saturated heterocycles. The van der Waals surface area contributed by atoms with Crippen LogP contribution < -0.4 is 0 Å². The molecular formula is C14H11IN2O2S. The Kier molecular flexibility index (Phi) is 3.29. The van der Waals surface area contributed by atoms with Crippen LogP contribution in [0.4, 0.5) is 0 Å². The summed E-state index contributed by atoms with van der Waals surface area (Å²) in [5.41, 5.74) is 1.46. The van der Waals surface area contributed by atoms with E-state index in [0.29, 0.717) is 9.35 Å². The Morgan fingerprint density at radius 2 is 1.85 bits per heavy atom.